The van der Waals surface area contributed by atoms with Crippen molar-refractivity contribution in [2.45, 2.75) is 25.4 Å². The summed E-state index contributed by atoms with van der Waals surface area (Å²) in [5.74, 6) is 0. The molecule has 0 saturated heterocycles. The summed E-state index contributed by atoms with van der Waals surface area (Å²) in [6.07, 6.45) is 3.57. The predicted molar refractivity (Wildman–Crippen MR) is 74.5 cm³/mol. The highest BCUT2D eigenvalue weighted by Gasteiger charge is 2.10. The third-order valence-corrected chi connectivity index (χ3v) is 3.62. The lowest BCUT2D eigenvalue weighted by atomic mass is 10.0. The first-order valence-corrected chi connectivity index (χ1v) is 7.05. The molecular formula is C14H18N2OS. The quantitative estimate of drug-likeness (QED) is 0.806. The van der Waals surface area contributed by atoms with Gasteiger partial charge in [-0.15, -0.1) is 11.3 Å². The van der Waals surface area contributed by atoms with Gasteiger partial charge in [0.15, 0.2) is 0 Å². The molecule has 4 heteroatoms. The van der Waals surface area contributed by atoms with Gasteiger partial charge in [0.2, 0.25) is 0 Å². The number of benzene rings is 1. The topological polar surface area (TPSA) is 45.1 Å². The van der Waals surface area contributed by atoms with Gasteiger partial charge in [-0.1, -0.05) is 30.3 Å². The maximum atomic E-state index is 8.98. The third-order valence-electron chi connectivity index (χ3n) is 2.84. The Morgan fingerprint density at radius 3 is 2.78 bits per heavy atom. The third kappa shape index (κ3) is 3.91. The van der Waals surface area contributed by atoms with Crippen LogP contribution >= 0.6 is 11.3 Å². The van der Waals surface area contributed by atoms with Crippen LogP contribution in [0, 0.1) is 0 Å². The molecule has 0 fully saturated rings. The summed E-state index contributed by atoms with van der Waals surface area (Å²) in [5, 5.41) is 15.6. The van der Waals surface area contributed by atoms with E-state index in [0.29, 0.717) is 0 Å². The Labute approximate surface area is 112 Å². The molecule has 1 heterocycles. The molecule has 2 N–H and O–H groups in total. The van der Waals surface area contributed by atoms with Gasteiger partial charge in [0.05, 0.1) is 0 Å². The number of thiazole rings is 1. The number of hydrogen-bond acceptors (Lipinski definition) is 4. The summed E-state index contributed by atoms with van der Waals surface area (Å²) in [6, 6.07) is 10.6. The minimum atomic E-state index is 0.238. The van der Waals surface area contributed by atoms with E-state index in [2.05, 4.69) is 22.4 Å². The van der Waals surface area contributed by atoms with Crippen molar-refractivity contribution in [3.8, 4) is 0 Å². The molecule has 0 radical (unpaired) electrons. The molecule has 18 heavy (non-hydrogen) atoms. The van der Waals surface area contributed by atoms with Crippen molar-refractivity contribution < 1.29 is 5.11 Å². The Morgan fingerprint density at radius 1 is 1.28 bits per heavy atom. The van der Waals surface area contributed by atoms with Crippen molar-refractivity contribution in [2.24, 2.45) is 0 Å². The van der Waals surface area contributed by atoms with E-state index in [1.54, 1.807) is 11.3 Å². The van der Waals surface area contributed by atoms with E-state index in [0.717, 1.165) is 24.4 Å². The van der Waals surface area contributed by atoms with E-state index >= 15 is 0 Å². The van der Waals surface area contributed by atoms with Gasteiger partial charge >= 0.3 is 0 Å². The first-order chi connectivity index (χ1) is 8.90. The summed E-state index contributed by atoms with van der Waals surface area (Å²) in [7, 11) is 0. The molecule has 1 aromatic carbocycles. The first kappa shape index (κ1) is 13.2. The van der Waals surface area contributed by atoms with Gasteiger partial charge in [0.25, 0.3) is 0 Å². The number of aromatic nitrogens is 1. The number of rotatable bonds is 7. The number of aliphatic hydroxyl groups is 1. The van der Waals surface area contributed by atoms with E-state index < -0.39 is 0 Å². The van der Waals surface area contributed by atoms with Crippen LogP contribution in [-0.2, 0) is 6.54 Å². The molecule has 0 aliphatic heterocycles. The van der Waals surface area contributed by atoms with Crippen LogP contribution in [0.1, 0.15) is 29.5 Å². The smallest absolute Gasteiger partial charge is 0.106 e. The highest BCUT2D eigenvalue weighted by atomic mass is 32.1. The fourth-order valence-corrected chi connectivity index (χ4v) is 2.49. The van der Waals surface area contributed by atoms with E-state index in [1.165, 1.54) is 5.56 Å². The molecule has 1 unspecified atom stereocenters. The predicted octanol–water partition coefficient (Wildman–Crippen LogP) is 2.75. The molecule has 0 amide bonds. The monoisotopic (exact) mass is 262 g/mol. The van der Waals surface area contributed by atoms with E-state index in [-0.39, 0.29) is 12.6 Å². The molecule has 2 aromatic rings. The highest BCUT2D eigenvalue weighted by Crippen LogP contribution is 2.19. The van der Waals surface area contributed by atoms with Gasteiger partial charge in [0, 0.05) is 30.8 Å². The average Bonchev–Trinajstić information content (AvgIpc) is 2.93. The second-order valence-corrected chi connectivity index (χ2v) is 5.11. The Kier molecular flexibility index (Phi) is 5.33. The fraction of sp³-hybridized carbons (Fsp3) is 0.357. The molecule has 0 bridgehead atoms. The van der Waals surface area contributed by atoms with Crippen molar-refractivity contribution in [3.05, 3.63) is 52.5 Å². The summed E-state index contributed by atoms with van der Waals surface area (Å²) in [5.41, 5.74) is 1.27. The minimum absolute atomic E-state index is 0.238. The van der Waals surface area contributed by atoms with Crippen LogP contribution in [0.3, 0.4) is 0 Å². The standard InChI is InChI=1S/C14H18N2OS/c17-9-4-7-13(12-5-2-1-3-6-12)16-11-14-15-8-10-18-14/h1-3,5-6,8,10,13,16-17H,4,7,9,11H2. The molecule has 96 valence electrons. The normalized spacial score (nSPS) is 12.5. The highest BCUT2D eigenvalue weighted by molar-refractivity contribution is 7.09. The minimum Gasteiger partial charge on any atom is -0.396 e. The van der Waals surface area contributed by atoms with Crippen LogP contribution < -0.4 is 5.32 Å². The second-order valence-electron chi connectivity index (χ2n) is 4.14. The van der Waals surface area contributed by atoms with E-state index in [1.807, 2.05) is 29.8 Å². The van der Waals surface area contributed by atoms with Crippen molar-refractivity contribution in [1.82, 2.24) is 10.3 Å². The van der Waals surface area contributed by atoms with Crippen LogP contribution in [0.15, 0.2) is 41.9 Å². The Morgan fingerprint density at radius 2 is 2.11 bits per heavy atom. The average molecular weight is 262 g/mol. The number of nitrogens with zero attached hydrogens (tertiary/aromatic N) is 1. The molecule has 0 saturated carbocycles. The number of hydrogen-bond donors (Lipinski definition) is 2. The largest absolute Gasteiger partial charge is 0.396 e. The molecule has 1 aromatic heterocycles. The van der Waals surface area contributed by atoms with Crippen molar-refractivity contribution in [1.29, 1.82) is 0 Å². The van der Waals surface area contributed by atoms with Crippen molar-refractivity contribution >= 4 is 11.3 Å². The Balaban J connectivity index is 1.96. The van der Waals surface area contributed by atoms with Gasteiger partial charge in [-0.2, -0.15) is 0 Å². The zero-order valence-corrected chi connectivity index (χ0v) is 11.1. The van der Waals surface area contributed by atoms with Crippen molar-refractivity contribution in [3.63, 3.8) is 0 Å². The lowest BCUT2D eigenvalue weighted by Crippen LogP contribution is -2.21. The summed E-state index contributed by atoms with van der Waals surface area (Å²) >= 11 is 1.66. The summed E-state index contributed by atoms with van der Waals surface area (Å²) in [4.78, 5) is 4.27. The van der Waals surface area contributed by atoms with Gasteiger partial charge in [-0.05, 0) is 18.4 Å². The molecule has 1 atom stereocenters. The SMILES string of the molecule is OCCCC(NCc1nccs1)c1ccccc1. The van der Waals surface area contributed by atoms with Crippen LogP contribution in [0.5, 0.6) is 0 Å². The first-order valence-electron chi connectivity index (χ1n) is 6.17. The van der Waals surface area contributed by atoms with E-state index in [4.69, 9.17) is 5.11 Å². The number of nitrogens with one attached hydrogen (secondary N) is 1. The maximum Gasteiger partial charge on any atom is 0.106 e. The molecule has 0 aliphatic rings. The molecule has 0 spiro atoms. The van der Waals surface area contributed by atoms with Crippen LogP contribution in [0.25, 0.3) is 0 Å². The zero-order valence-electron chi connectivity index (χ0n) is 10.2. The van der Waals surface area contributed by atoms with Gasteiger partial charge in [-0.3, -0.25) is 0 Å². The lowest BCUT2D eigenvalue weighted by Gasteiger charge is -2.18. The summed E-state index contributed by atoms with van der Waals surface area (Å²) < 4.78 is 0. The molecular weight excluding hydrogens is 244 g/mol. The second kappa shape index (κ2) is 7.26. The fourth-order valence-electron chi connectivity index (χ4n) is 1.92. The van der Waals surface area contributed by atoms with Gasteiger partial charge in [-0.25, -0.2) is 4.98 Å². The van der Waals surface area contributed by atoms with Gasteiger partial charge in [0.1, 0.15) is 5.01 Å². The van der Waals surface area contributed by atoms with Crippen LogP contribution in [0.4, 0.5) is 0 Å². The van der Waals surface area contributed by atoms with Crippen LogP contribution in [-0.4, -0.2) is 16.7 Å². The summed E-state index contributed by atoms with van der Waals surface area (Å²) in [6.45, 7) is 1.02. The van der Waals surface area contributed by atoms with E-state index in [9.17, 15) is 0 Å². The van der Waals surface area contributed by atoms with Crippen molar-refractivity contribution in [2.75, 3.05) is 6.61 Å². The van der Waals surface area contributed by atoms with Crippen LogP contribution in [0.2, 0.25) is 0 Å². The lowest BCUT2D eigenvalue weighted by molar-refractivity contribution is 0.275. The van der Waals surface area contributed by atoms with Gasteiger partial charge < -0.3 is 10.4 Å². The molecule has 2 rings (SSSR count). The number of aliphatic hydroxyl groups excluding tert-OH is 1. The maximum absolute atomic E-state index is 8.98. The Bertz CT molecular complexity index is 430. The molecule has 3 nitrogen and oxygen atoms in total. The molecule has 0 aliphatic carbocycles. The zero-order chi connectivity index (χ0) is 12.6. The Hall–Kier alpha value is -1.23.